The maximum atomic E-state index is 11.8. The number of nitrogens with one attached hydrogen (secondary N) is 2. The molecule has 0 aliphatic carbocycles. The van der Waals surface area contributed by atoms with Gasteiger partial charge < -0.3 is 10.6 Å². The van der Waals surface area contributed by atoms with Gasteiger partial charge in [-0.1, -0.05) is 13.8 Å². The standard InChI is InChI=1S/C13H26N2OS.ClH/c1-10(12-4-6-14-7-5-12)8-13(16)15-9-11(2)17-3;/h10-12,14H,4-9H2,1-3H3,(H,15,16);1H. The predicted octanol–water partition coefficient (Wildman–Crippen LogP) is 2.30. The van der Waals surface area contributed by atoms with Crippen molar-refractivity contribution in [1.82, 2.24) is 10.6 Å². The Morgan fingerprint density at radius 1 is 1.39 bits per heavy atom. The molecule has 1 heterocycles. The normalized spacial score (nSPS) is 19.7. The highest BCUT2D eigenvalue weighted by Gasteiger charge is 2.21. The zero-order valence-corrected chi connectivity index (χ0v) is 13.3. The van der Waals surface area contributed by atoms with E-state index in [0.717, 1.165) is 25.6 Å². The molecule has 0 aromatic carbocycles. The SMILES string of the molecule is CSC(C)CNC(=O)CC(C)C1CCNCC1.Cl. The topological polar surface area (TPSA) is 41.1 Å². The lowest BCUT2D eigenvalue weighted by Gasteiger charge is -2.28. The Morgan fingerprint density at radius 3 is 2.56 bits per heavy atom. The summed E-state index contributed by atoms with van der Waals surface area (Å²) in [4.78, 5) is 11.8. The third-order valence-corrected chi connectivity index (χ3v) is 4.66. The van der Waals surface area contributed by atoms with Gasteiger partial charge in [0.05, 0.1) is 0 Å². The van der Waals surface area contributed by atoms with Gasteiger partial charge in [0.15, 0.2) is 0 Å². The maximum Gasteiger partial charge on any atom is 0.220 e. The first-order valence-corrected chi connectivity index (χ1v) is 7.92. The minimum absolute atomic E-state index is 0. The van der Waals surface area contributed by atoms with E-state index in [1.807, 2.05) is 0 Å². The van der Waals surface area contributed by atoms with Gasteiger partial charge in [0.1, 0.15) is 0 Å². The molecular formula is C13H27ClN2OS. The van der Waals surface area contributed by atoms with Gasteiger partial charge in [-0.05, 0) is 44.0 Å². The van der Waals surface area contributed by atoms with E-state index in [1.165, 1.54) is 12.8 Å². The Kier molecular flexibility index (Phi) is 9.97. The van der Waals surface area contributed by atoms with Crippen molar-refractivity contribution in [3.8, 4) is 0 Å². The molecule has 0 aromatic rings. The van der Waals surface area contributed by atoms with Crippen LogP contribution in [0.4, 0.5) is 0 Å². The lowest BCUT2D eigenvalue weighted by atomic mass is 9.84. The smallest absolute Gasteiger partial charge is 0.220 e. The number of hydrogen-bond donors (Lipinski definition) is 2. The number of rotatable bonds is 6. The molecule has 108 valence electrons. The molecule has 1 rings (SSSR count). The fourth-order valence-electron chi connectivity index (χ4n) is 2.29. The summed E-state index contributed by atoms with van der Waals surface area (Å²) >= 11 is 1.79. The molecule has 0 aromatic heterocycles. The van der Waals surface area contributed by atoms with E-state index in [4.69, 9.17) is 0 Å². The molecule has 3 nitrogen and oxygen atoms in total. The van der Waals surface area contributed by atoms with Crippen LogP contribution >= 0.6 is 24.2 Å². The van der Waals surface area contributed by atoms with Crippen molar-refractivity contribution >= 4 is 30.1 Å². The van der Waals surface area contributed by atoms with Crippen molar-refractivity contribution in [3.05, 3.63) is 0 Å². The summed E-state index contributed by atoms with van der Waals surface area (Å²) in [6, 6.07) is 0. The van der Waals surface area contributed by atoms with Crippen LogP contribution in [0.1, 0.15) is 33.1 Å². The second-order valence-corrected chi connectivity index (χ2v) is 6.40. The first-order chi connectivity index (χ1) is 8.13. The number of carbonyl (C=O) groups excluding carboxylic acids is 1. The Bertz CT molecular complexity index is 235. The zero-order chi connectivity index (χ0) is 12.7. The van der Waals surface area contributed by atoms with Crippen molar-refractivity contribution in [2.24, 2.45) is 11.8 Å². The largest absolute Gasteiger partial charge is 0.355 e. The van der Waals surface area contributed by atoms with Gasteiger partial charge in [-0.2, -0.15) is 11.8 Å². The number of thioether (sulfide) groups is 1. The Morgan fingerprint density at radius 2 is 2.00 bits per heavy atom. The summed E-state index contributed by atoms with van der Waals surface area (Å²) in [5.41, 5.74) is 0. The summed E-state index contributed by atoms with van der Waals surface area (Å²) < 4.78 is 0. The van der Waals surface area contributed by atoms with E-state index in [2.05, 4.69) is 30.7 Å². The van der Waals surface area contributed by atoms with E-state index < -0.39 is 0 Å². The third-order valence-electron chi connectivity index (χ3n) is 3.68. The number of carbonyl (C=O) groups is 1. The molecule has 1 saturated heterocycles. The van der Waals surface area contributed by atoms with Crippen LogP contribution in [0.5, 0.6) is 0 Å². The number of hydrogen-bond acceptors (Lipinski definition) is 3. The Labute approximate surface area is 122 Å². The summed E-state index contributed by atoms with van der Waals surface area (Å²) in [5.74, 6) is 1.46. The second-order valence-electron chi connectivity index (χ2n) is 5.12. The van der Waals surface area contributed by atoms with Crippen LogP contribution in [0.25, 0.3) is 0 Å². The van der Waals surface area contributed by atoms with Crippen LogP contribution in [0.2, 0.25) is 0 Å². The molecule has 18 heavy (non-hydrogen) atoms. The highest BCUT2D eigenvalue weighted by Crippen LogP contribution is 2.24. The van der Waals surface area contributed by atoms with Crippen LogP contribution in [0.3, 0.4) is 0 Å². The van der Waals surface area contributed by atoms with Crippen LogP contribution in [0, 0.1) is 11.8 Å². The first-order valence-electron chi connectivity index (χ1n) is 6.63. The van der Waals surface area contributed by atoms with Gasteiger partial charge in [-0.3, -0.25) is 4.79 Å². The molecule has 2 atom stereocenters. The molecule has 0 radical (unpaired) electrons. The van der Waals surface area contributed by atoms with E-state index in [-0.39, 0.29) is 18.3 Å². The number of piperidine rings is 1. The van der Waals surface area contributed by atoms with E-state index in [9.17, 15) is 4.79 Å². The first kappa shape index (κ1) is 18.1. The number of halogens is 1. The van der Waals surface area contributed by atoms with Crippen LogP contribution in [-0.4, -0.2) is 37.0 Å². The minimum Gasteiger partial charge on any atom is -0.355 e. The van der Waals surface area contributed by atoms with Crippen LogP contribution in [-0.2, 0) is 4.79 Å². The van der Waals surface area contributed by atoms with Gasteiger partial charge in [0.2, 0.25) is 5.91 Å². The van der Waals surface area contributed by atoms with Gasteiger partial charge in [0.25, 0.3) is 0 Å². The fourth-order valence-corrected chi connectivity index (χ4v) is 2.54. The molecule has 1 fully saturated rings. The molecule has 1 aliphatic rings. The lowest BCUT2D eigenvalue weighted by molar-refractivity contribution is -0.122. The second kappa shape index (κ2) is 9.93. The molecule has 0 bridgehead atoms. The number of amides is 1. The molecule has 2 unspecified atom stereocenters. The van der Waals surface area contributed by atoms with Gasteiger partial charge in [-0.25, -0.2) is 0 Å². The average Bonchev–Trinajstić information content (AvgIpc) is 2.36. The highest BCUT2D eigenvalue weighted by atomic mass is 35.5. The van der Waals surface area contributed by atoms with Crippen molar-refractivity contribution in [1.29, 1.82) is 0 Å². The molecule has 1 amide bonds. The molecule has 0 spiro atoms. The van der Waals surface area contributed by atoms with Gasteiger partial charge >= 0.3 is 0 Å². The average molecular weight is 295 g/mol. The fraction of sp³-hybridized carbons (Fsp3) is 0.923. The quantitative estimate of drug-likeness (QED) is 0.790. The maximum absolute atomic E-state index is 11.8. The van der Waals surface area contributed by atoms with Crippen LogP contribution in [0.15, 0.2) is 0 Å². The predicted molar refractivity (Wildman–Crippen MR) is 82.6 cm³/mol. The van der Waals surface area contributed by atoms with Crippen molar-refractivity contribution in [2.45, 2.75) is 38.4 Å². The molecular weight excluding hydrogens is 268 g/mol. The van der Waals surface area contributed by atoms with E-state index in [0.29, 0.717) is 17.6 Å². The summed E-state index contributed by atoms with van der Waals surface area (Å²) in [5, 5.41) is 6.90. The highest BCUT2D eigenvalue weighted by molar-refractivity contribution is 7.99. The Hall–Kier alpha value is 0.0700. The molecule has 2 N–H and O–H groups in total. The van der Waals surface area contributed by atoms with Gasteiger partial charge in [-0.15, -0.1) is 12.4 Å². The zero-order valence-electron chi connectivity index (χ0n) is 11.7. The van der Waals surface area contributed by atoms with Crippen molar-refractivity contribution in [3.63, 3.8) is 0 Å². The molecule has 5 heteroatoms. The molecule has 1 aliphatic heterocycles. The van der Waals surface area contributed by atoms with Crippen molar-refractivity contribution in [2.75, 3.05) is 25.9 Å². The Balaban J connectivity index is 0.00000289. The monoisotopic (exact) mass is 294 g/mol. The lowest BCUT2D eigenvalue weighted by Crippen LogP contribution is -2.34. The van der Waals surface area contributed by atoms with Crippen molar-refractivity contribution < 1.29 is 4.79 Å². The summed E-state index contributed by atoms with van der Waals surface area (Å²) in [6.45, 7) is 7.37. The van der Waals surface area contributed by atoms with Crippen LogP contribution < -0.4 is 10.6 Å². The van der Waals surface area contributed by atoms with Gasteiger partial charge in [0, 0.05) is 18.2 Å². The summed E-state index contributed by atoms with van der Waals surface area (Å²) in [7, 11) is 0. The van der Waals surface area contributed by atoms with E-state index >= 15 is 0 Å². The third kappa shape index (κ3) is 6.86. The molecule has 0 saturated carbocycles. The minimum atomic E-state index is 0. The summed E-state index contributed by atoms with van der Waals surface area (Å²) in [6.07, 6.45) is 5.20. The van der Waals surface area contributed by atoms with E-state index in [1.54, 1.807) is 11.8 Å².